The van der Waals surface area contributed by atoms with Gasteiger partial charge in [-0.25, -0.2) is 4.79 Å². The Labute approximate surface area is 91.7 Å². The molecule has 0 bridgehead atoms. The molecule has 16 heavy (non-hydrogen) atoms. The van der Waals surface area contributed by atoms with Crippen molar-refractivity contribution in [3.8, 4) is 0 Å². The van der Waals surface area contributed by atoms with Crippen molar-refractivity contribution in [2.75, 3.05) is 7.11 Å². The van der Waals surface area contributed by atoms with Gasteiger partial charge in [0.25, 0.3) is 5.69 Å². The Morgan fingerprint density at radius 3 is 2.81 bits per heavy atom. The van der Waals surface area contributed by atoms with E-state index in [4.69, 9.17) is 0 Å². The highest BCUT2D eigenvalue weighted by atomic mass is 16.6. The van der Waals surface area contributed by atoms with Gasteiger partial charge in [-0.1, -0.05) is 12.1 Å². The van der Waals surface area contributed by atoms with Crippen LogP contribution in [0.15, 0.2) is 30.5 Å². The average molecular weight is 222 g/mol. The van der Waals surface area contributed by atoms with Gasteiger partial charge in [-0.15, -0.1) is 0 Å². The maximum atomic E-state index is 10.7. The van der Waals surface area contributed by atoms with E-state index in [1.807, 2.05) is 0 Å². The predicted octanol–water partition coefficient (Wildman–Crippen LogP) is 1.92. The molecule has 0 saturated heterocycles. The average Bonchev–Trinajstić information content (AvgIpc) is 2.29. The first-order valence-electron chi connectivity index (χ1n) is 4.39. The number of carbonyl (C=O) groups is 1. The van der Waals surface area contributed by atoms with Crippen molar-refractivity contribution in [2.45, 2.75) is 0 Å². The molecule has 0 aromatic heterocycles. The number of alkyl carbamates (subject to hydrolysis) is 1. The Morgan fingerprint density at radius 2 is 2.19 bits per heavy atom. The first-order chi connectivity index (χ1) is 7.65. The van der Waals surface area contributed by atoms with Crippen molar-refractivity contribution in [1.29, 1.82) is 0 Å². The first-order valence-corrected chi connectivity index (χ1v) is 4.39. The van der Waals surface area contributed by atoms with E-state index in [9.17, 15) is 14.9 Å². The van der Waals surface area contributed by atoms with Gasteiger partial charge >= 0.3 is 6.09 Å². The topological polar surface area (TPSA) is 81.5 Å². The summed E-state index contributed by atoms with van der Waals surface area (Å²) in [6.07, 6.45) is 2.08. The van der Waals surface area contributed by atoms with Gasteiger partial charge in [0.15, 0.2) is 0 Å². The van der Waals surface area contributed by atoms with E-state index >= 15 is 0 Å². The second-order valence-corrected chi connectivity index (χ2v) is 2.79. The standard InChI is InChI=1S/C10H10N2O4/c1-16-10(13)11-7-6-8-4-2-3-5-9(8)12(14)15/h2-7H,1H3,(H,11,13)/b7-6-. The molecule has 84 valence electrons. The summed E-state index contributed by atoms with van der Waals surface area (Å²) < 4.78 is 4.33. The van der Waals surface area contributed by atoms with Gasteiger partial charge < -0.3 is 4.74 Å². The lowest BCUT2D eigenvalue weighted by atomic mass is 10.2. The molecule has 0 fully saturated rings. The van der Waals surface area contributed by atoms with E-state index in [2.05, 4.69) is 10.1 Å². The number of ether oxygens (including phenoxy) is 1. The third kappa shape index (κ3) is 3.09. The number of hydrogen-bond donors (Lipinski definition) is 1. The van der Waals surface area contributed by atoms with Gasteiger partial charge in [-0.3, -0.25) is 15.4 Å². The Bertz CT molecular complexity index is 429. The number of para-hydroxylation sites is 1. The Hall–Kier alpha value is -2.37. The van der Waals surface area contributed by atoms with Crippen LogP contribution in [0.25, 0.3) is 6.08 Å². The summed E-state index contributed by atoms with van der Waals surface area (Å²) in [6, 6.07) is 6.21. The summed E-state index contributed by atoms with van der Waals surface area (Å²) in [5, 5.41) is 12.9. The second kappa shape index (κ2) is 5.50. The van der Waals surface area contributed by atoms with Crippen molar-refractivity contribution in [1.82, 2.24) is 5.32 Å². The summed E-state index contributed by atoms with van der Waals surface area (Å²) in [6.45, 7) is 0. The van der Waals surface area contributed by atoms with Crippen LogP contribution in [0.4, 0.5) is 10.5 Å². The minimum absolute atomic E-state index is 0.0228. The van der Waals surface area contributed by atoms with Crippen molar-refractivity contribution < 1.29 is 14.5 Å². The van der Waals surface area contributed by atoms with Crippen LogP contribution in [0.1, 0.15) is 5.56 Å². The maximum absolute atomic E-state index is 10.7. The molecule has 0 atom stereocenters. The molecular formula is C10H10N2O4. The Balaban J connectivity index is 2.80. The molecule has 0 unspecified atom stereocenters. The molecule has 0 aliphatic rings. The molecule has 0 aliphatic heterocycles. The van der Waals surface area contributed by atoms with E-state index in [-0.39, 0.29) is 5.69 Å². The number of benzene rings is 1. The van der Waals surface area contributed by atoms with Crippen LogP contribution >= 0.6 is 0 Å². The summed E-state index contributed by atoms with van der Waals surface area (Å²) in [5.74, 6) is 0. The lowest BCUT2D eigenvalue weighted by Gasteiger charge is -1.97. The zero-order valence-corrected chi connectivity index (χ0v) is 8.54. The van der Waals surface area contributed by atoms with E-state index in [0.717, 1.165) is 0 Å². The smallest absolute Gasteiger partial charge is 0.410 e. The molecule has 0 radical (unpaired) electrons. The van der Waals surface area contributed by atoms with E-state index < -0.39 is 11.0 Å². The molecule has 1 amide bonds. The minimum Gasteiger partial charge on any atom is -0.453 e. The van der Waals surface area contributed by atoms with Gasteiger partial charge in [0.2, 0.25) is 0 Å². The molecule has 0 spiro atoms. The van der Waals surface area contributed by atoms with Gasteiger partial charge in [0, 0.05) is 12.3 Å². The van der Waals surface area contributed by atoms with Crippen LogP contribution in [-0.4, -0.2) is 18.1 Å². The van der Waals surface area contributed by atoms with Gasteiger partial charge in [0.1, 0.15) is 0 Å². The highest BCUT2D eigenvalue weighted by Crippen LogP contribution is 2.18. The number of nitrogens with zero attached hydrogens (tertiary/aromatic N) is 1. The third-order valence-corrected chi connectivity index (χ3v) is 1.78. The zero-order valence-electron chi connectivity index (χ0n) is 8.54. The molecule has 1 aromatic rings. The molecule has 0 aliphatic carbocycles. The molecule has 1 aromatic carbocycles. The van der Waals surface area contributed by atoms with Crippen LogP contribution < -0.4 is 5.32 Å². The first kappa shape index (κ1) is 11.7. The predicted molar refractivity (Wildman–Crippen MR) is 57.7 cm³/mol. The summed E-state index contributed by atoms with van der Waals surface area (Å²) in [7, 11) is 1.23. The quantitative estimate of drug-likeness (QED) is 0.625. The Morgan fingerprint density at radius 1 is 1.50 bits per heavy atom. The highest BCUT2D eigenvalue weighted by molar-refractivity contribution is 5.70. The number of nitro benzene ring substituents is 1. The number of methoxy groups -OCH3 is 1. The number of nitrogens with one attached hydrogen (secondary N) is 1. The SMILES string of the molecule is COC(=O)N/C=C\c1ccccc1[N+](=O)[O-]. The number of rotatable bonds is 3. The van der Waals surface area contributed by atoms with Gasteiger partial charge in [-0.2, -0.15) is 0 Å². The second-order valence-electron chi connectivity index (χ2n) is 2.79. The number of nitro groups is 1. The number of hydrogen-bond acceptors (Lipinski definition) is 4. The van der Waals surface area contributed by atoms with Crippen LogP contribution in [0, 0.1) is 10.1 Å². The summed E-state index contributed by atoms with van der Waals surface area (Å²) >= 11 is 0. The minimum atomic E-state index is -0.630. The molecule has 1 rings (SSSR count). The number of amides is 1. The van der Waals surface area contributed by atoms with Gasteiger partial charge in [-0.05, 0) is 12.1 Å². The maximum Gasteiger partial charge on any atom is 0.410 e. The van der Waals surface area contributed by atoms with Crippen molar-refractivity contribution in [3.63, 3.8) is 0 Å². The zero-order chi connectivity index (χ0) is 12.0. The van der Waals surface area contributed by atoms with Crippen molar-refractivity contribution in [3.05, 3.63) is 46.1 Å². The van der Waals surface area contributed by atoms with Crippen molar-refractivity contribution in [2.24, 2.45) is 0 Å². The van der Waals surface area contributed by atoms with E-state index in [1.54, 1.807) is 18.2 Å². The van der Waals surface area contributed by atoms with Crippen LogP contribution in [0.3, 0.4) is 0 Å². The fourth-order valence-electron chi connectivity index (χ4n) is 1.05. The fraction of sp³-hybridized carbons (Fsp3) is 0.100. The highest BCUT2D eigenvalue weighted by Gasteiger charge is 2.08. The van der Waals surface area contributed by atoms with Crippen LogP contribution in [0.5, 0.6) is 0 Å². The van der Waals surface area contributed by atoms with Crippen LogP contribution in [0.2, 0.25) is 0 Å². The molecule has 1 N–H and O–H groups in total. The molecule has 6 nitrogen and oxygen atoms in total. The molecular weight excluding hydrogens is 212 g/mol. The molecule has 0 heterocycles. The van der Waals surface area contributed by atoms with E-state index in [1.165, 1.54) is 25.5 Å². The summed E-state index contributed by atoms with van der Waals surface area (Å²) in [5.41, 5.74) is 0.384. The fourth-order valence-corrected chi connectivity index (χ4v) is 1.05. The van der Waals surface area contributed by atoms with Crippen molar-refractivity contribution >= 4 is 17.9 Å². The molecule has 0 saturated carbocycles. The third-order valence-electron chi connectivity index (χ3n) is 1.78. The lowest BCUT2D eigenvalue weighted by molar-refractivity contribution is -0.385. The lowest BCUT2D eigenvalue weighted by Crippen LogP contribution is -2.15. The van der Waals surface area contributed by atoms with Gasteiger partial charge in [0.05, 0.1) is 17.6 Å². The normalized spacial score (nSPS) is 10.1. The van der Waals surface area contributed by atoms with Crippen LogP contribution in [-0.2, 0) is 4.74 Å². The largest absolute Gasteiger partial charge is 0.453 e. The van der Waals surface area contributed by atoms with E-state index in [0.29, 0.717) is 5.56 Å². The Kier molecular flexibility index (Phi) is 4.02. The number of carbonyl (C=O) groups excluding carboxylic acids is 1. The molecule has 6 heteroatoms. The summed E-state index contributed by atoms with van der Waals surface area (Å²) in [4.78, 5) is 20.8. The monoisotopic (exact) mass is 222 g/mol.